The van der Waals surface area contributed by atoms with E-state index < -0.39 is 17.1 Å². The van der Waals surface area contributed by atoms with Gasteiger partial charge in [-0.2, -0.15) is 0 Å². The van der Waals surface area contributed by atoms with Crippen LogP contribution in [0, 0.1) is 0 Å². The predicted octanol–water partition coefficient (Wildman–Crippen LogP) is 2.49. The van der Waals surface area contributed by atoms with Crippen LogP contribution in [-0.2, 0) is 21.4 Å². The molecule has 1 aromatic rings. The molecule has 2 bridgehead atoms. The van der Waals surface area contributed by atoms with E-state index in [4.69, 9.17) is 9.47 Å². The average molecular weight is 370 g/mol. The van der Waals surface area contributed by atoms with Crippen molar-refractivity contribution in [2.75, 3.05) is 26.7 Å². The lowest BCUT2D eigenvalue weighted by molar-refractivity contribution is -0.944. The largest absolute Gasteiger partial charge is 0.504 e. The van der Waals surface area contributed by atoms with Gasteiger partial charge >= 0.3 is 0 Å². The number of benzene rings is 1. The molecule has 2 heterocycles. The van der Waals surface area contributed by atoms with Gasteiger partial charge in [0.15, 0.2) is 23.4 Å². The molecule has 1 N–H and O–H groups in total. The van der Waals surface area contributed by atoms with E-state index in [1.807, 2.05) is 19.1 Å². The first-order valence-electron chi connectivity index (χ1n) is 10.1. The Balaban J connectivity index is 1.83. The monoisotopic (exact) mass is 370 g/mol. The first-order chi connectivity index (χ1) is 12.9. The van der Waals surface area contributed by atoms with Gasteiger partial charge in [-0.15, -0.1) is 0 Å². The summed E-state index contributed by atoms with van der Waals surface area (Å²) in [7, 11) is 2.30. The van der Waals surface area contributed by atoms with E-state index in [-0.39, 0.29) is 17.6 Å². The number of likely N-dealkylation sites (tertiary alicyclic amines) is 1. The number of ether oxygens (including phenoxy) is 2. The summed E-state index contributed by atoms with van der Waals surface area (Å²) in [4.78, 5) is 13.0. The number of phenols is 1. The van der Waals surface area contributed by atoms with Crippen LogP contribution in [0.1, 0.15) is 37.3 Å². The minimum Gasteiger partial charge on any atom is -0.504 e. The Kier molecular flexibility index (Phi) is 3.43. The molecule has 5 nitrogen and oxygen atoms in total. The second kappa shape index (κ2) is 5.36. The number of carbonyl (C=O) groups is 1. The summed E-state index contributed by atoms with van der Waals surface area (Å²) in [5.41, 5.74) is 1.33. The molecule has 0 amide bonds. The smallest absolute Gasteiger partial charge is 0.174 e. The Morgan fingerprint density at radius 2 is 2.26 bits per heavy atom. The second-order valence-corrected chi connectivity index (χ2v) is 8.85. The molecule has 27 heavy (non-hydrogen) atoms. The first-order valence-corrected chi connectivity index (χ1v) is 10.1. The molecule has 1 saturated carbocycles. The Morgan fingerprint density at radius 1 is 1.44 bits per heavy atom. The van der Waals surface area contributed by atoms with E-state index in [0.29, 0.717) is 18.8 Å². The Bertz CT molecular complexity index is 851. The van der Waals surface area contributed by atoms with Gasteiger partial charge in [0.05, 0.1) is 25.6 Å². The molecule has 2 fully saturated rings. The van der Waals surface area contributed by atoms with Crippen molar-refractivity contribution in [2.24, 2.45) is 0 Å². The van der Waals surface area contributed by atoms with Crippen LogP contribution in [-0.4, -0.2) is 59.9 Å². The number of hydrogen-bond donors (Lipinski definition) is 1. The van der Waals surface area contributed by atoms with Crippen molar-refractivity contribution in [3.8, 4) is 11.5 Å². The number of ketones is 1. The number of nitrogens with zero attached hydrogens (tertiary/aromatic N) is 1. The van der Waals surface area contributed by atoms with Crippen molar-refractivity contribution in [3.63, 3.8) is 0 Å². The van der Waals surface area contributed by atoms with Gasteiger partial charge in [-0.25, -0.2) is 0 Å². The molecule has 2 aliphatic carbocycles. The summed E-state index contributed by atoms with van der Waals surface area (Å²) >= 11 is 0. The standard InChI is InChI=1S/C22H27NO4/c1-4-11-23(3)12-10-21-18-14-6-7-15(24)19(18)27-20(21)16(25)8-9-22(21,26-5-2)17(23)13-14/h4,6-7,17,20H,1,5,8-13H2,2-3H3/p+1/t17?,20?,21-,22?,23-/m0/s1. The van der Waals surface area contributed by atoms with E-state index >= 15 is 0 Å². The van der Waals surface area contributed by atoms with E-state index in [2.05, 4.69) is 13.6 Å². The highest BCUT2D eigenvalue weighted by Gasteiger charge is 2.77. The molecular formula is C22H28NO4+. The summed E-state index contributed by atoms with van der Waals surface area (Å²) in [6.45, 7) is 8.49. The van der Waals surface area contributed by atoms with Crippen LogP contribution in [0.4, 0.5) is 0 Å². The van der Waals surface area contributed by atoms with Crippen LogP contribution in [0.15, 0.2) is 24.8 Å². The van der Waals surface area contributed by atoms with Crippen LogP contribution in [0.5, 0.6) is 11.5 Å². The lowest BCUT2D eigenvalue weighted by Crippen LogP contribution is -2.81. The molecule has 5 rings (SSSR count). The van der Waals surface area contributed by atoms with E-state index in [1.54, 1.807) is 6.07 Å². The van der Waals surface area contributed by atoms with E-state index in [1.165, 1.54) is 5.56 Å². The summed E-state index contributed by atoms with van der Waals surface area (Å²) in [5, 5.41) is 10.5. The van der Waals surface area contributed by atoms with Crippen molar-refractivity contribution in [1.82, 2.24) is 0 Å². The number of hydrogen-bond acceptors (Lipinski definition) is 4. The minimum absolute atomic E-state index is 0.142. The highest BCUT2D eigenvalue weighted by atomic mass is 16.5. The number of piperidine rings is 1. The van der Waals surface area contributed by atoms with Crippen molar-refractivity contribution in [1.29, 1.82) is 0 Å². The molecule has 5 atom stereocenters. The zero-order valence-electron chi connectivity index (χ0n) is 16.2. The quantitative estimate of drug-likeness (QED) is 0.654. The van der Waals surface area contributed by atoms with Gasteiger partial charge in [0, 0.05) is 31.4 Å². The minimum atomic E-state index is -0.542. The molecule has 3 unspecified atom stereocenters. The van der Waals surface area contributed by atoms with Gasteiger partial charge in [0.2, 0.25) is 0 Å². The number of carbonyl (C=O) groups excluding carboxylic acids is 1. The van der Waals surface area contributed by atoms with Gasteiger partial charge in [0.1, 0.15) is 11.6 Å². The maximum absolute atomic E-state index is 13.0. The van der Waals surface area contributed by atoms with Gasteiger partial charge < -0.3 is 19.1 Å². The van der Waals surface area contributed by atoms with Gasteiger partial charge in [-0.1, -0.05) is 12.6 Å². The lowest BCUT2D eigenvalue weighted by Gasteiger charge is -2.65. The maximum Gasteiger partial charge on any atom is 0.174 e. The van der Waals surface area contributed by atoms with E-state index in [0.717, 1.165) is 42.4 Å². The highest BCUT2D eigenvalue weighted by molar-refractivity contribution is 5.90. The fraction of sp³-hybridized carbons (Fsp3) is 0.591. The summed E-state index contributed by atoms with van der Waals surface area (Å²) < 4.78 is 13.8. The Labute approximate surface area is 160 Å². The van der Waals surface area contributed by atoms with Crippen LogP contribution in [0.2, 0.25) is 0 Å². The summed E-state index contributed by atoms with van der Waals surface area (Å²) in [6.07, 6.45) is 4.36. The predicted molar refractivity (Wildman–Crippen MR) is 101 cm³/mol. The topological polar surface area (TPSA) is 55.8 Å². The second-order valence-electron chi connectivity index (χ2n) is 8.85. The van der Waals surface area contributed by atoms with Crippen LogP contribution < -0.4 is 4.74 Å². The molecular weight excluding hydrogens is 342 g/mol. The number of rotatable bonds is 4. The molecule has 0 radical (unpaired) electrons. The third kappa shape index (κ3) is 1.80. The Hall–Kier alpha value is -1.85. The van der Waals surface area contributed by atoms with Crippen LogP contribution >= 0.6 is 0 Å². The summed E-state index contributed by atoms with van der Waals surface area (Å²) in [5.74, 6) is 0.811. The molecule has 1 spiro atoms. The average Bonchev–Trinajstić information content (AvgIpc) is 3.00. The first kappa shape index (κ1) is 17.3. The highest BCUT2D eigenvalue weighted by Crippen LogP contribution is 2.66. The third-order valence-electron chi connectivity index (χ3n) is 7.81. The number of phenolic OH excluding ortho intramolecular Hbond substituents is 1. The van der Waals surface area contributed by atoms with Crippen molar-refractivity contribution >= 4 is 5.78 Å². The molecule has 4 aliphatic rings. The van der Waals surface area contributed by atoms with Gasteiger partial charge in [-0.05, 0) is 31.1 Å². The van der Waals surface area contributed by atoms with Crippen molar-refractivity contribution in [2.45, 2.75) is 55.8 Å². The van der Waals surface area contributed by atoms with Crippen LogP contribution in [0.25, 0.3) is 0 Å². The summed E-state index contributed by atoms with van der Waals surface area (Å²) in [6, 6.07) is 3.98. The van der Waals surface area contributed by atoms with Gasteiger partial charge in [-0.3, -0.25) is 4.79 Å². The maximum atomic E-state index is 13.0. The molecule has 1 saturated heterocycles. The molecule has 5 heteroatoms. The SMILES string of the molecule is C=CC[N@@+]1(C)CC[C@]23c4c5ccc(O)c4OC2C(=O)CCC3(OCC)C1C5. The zero-order valence-corrected chi connectivity index (χ0v) is 16.2. The van der Waals surface area contributed by atoms with Crippen molar-refractivity contribution in [3.05, 3.63) is 35.9 Å². The van der Waals surface area contributed by atoms with E-state index in [9.17, 15) is 9.90 Å². The Morgan fingerprint density at radius 3 is 3.00 bits per heavy atom. The number of Topliss-reactive ketones (excluding diaryl/α,β-unsaturated/α-hetero) is 1. The number of aromatic hydroxyl groups is 1. The fourth-order valence-electron chi connectivity index (χ4n) is 6.86. The zero-order chi connectivity index (χ0) is 19.0. The van der Waals surface area contributed by atoms with Gasteiger partial charge in [0.25, 0.3) is 0 Å². The molecule has 0 aromatic heterocycles. The molecule has 2 aliphatic heterocycles. The lowest BCUT2D eigenvalue weighted by atomic mass is 9.48. The van der Waals surface area contributed by atoms with Crippen molar-refractivity contribution < 1.29 is 23.9 Å². The molecule has 144 valence electrons. The number of likely N-dealkylation sites (N-methyl/N-ethyl adjacent to an activating group) is 1. The number of quaternary nitrogens is 1. The van der Waals surface area contributed by atoms with Crippen LogP contribution in [0.3, 0.4) is 0 Å². The fourth-order valence-corrected chi connectivity index (χ4v) is 6.86. The molecule has 1 aromatic carbocycles. The third-order valence-corrected chi connectivity index (χ3v) is 7.81. The normalized spacial score (nSPS) is 41.0.